The quantitative estimate of drug-likeness (QED) is 0.423. The summed E-state index contributed by atoms with van der Waals surface area (Å²) in [6.45, 7) is 12.0. The molecule has 132 valence electrons. The fourth-order valence-electron chi connectivity index (χ4n) is 2.34. The van der Waals surface area contributed by atoms with E-state index in [2.05, 4.69) is 50.9 Å². The van der Waals surface area contributed by atoms with Gasteiger partial charge in [-0.05, 0) is 40.8 Å². The second-order valence-corrected chi connectivity index (χ2v) is 13.9. The molecule has 2 heterocycles. The number of fused-ring (bicyclic) bond motifs is 1. The average Bonchev–Trinajstić information content (AvgIpc) is 2.80. The number of nitrogens with zero attached hydrogens (tertiary/aromatic N) is 3. The number of rotatable bonds is 7. The summed E-state index contributed by atoms with van der Waals surface area (Å²) in [5.74, 6) is 0.186. The van der Waals surface area contributed by atoms with Gasteiger partial charge in [-0.3, -0.25) is 4.79 Å². The van der Waals surface area contributed by atoms with Crippen molar-refractivity contribution in [3.63, 3.8) is 0 Å². The van der Waals surface area contributed by atoms with Gasteiger partial charge in [-0.15, -0.1) is 0 Å². The van der Waals surface area contributed by atoms with E-state index in [9.17, 15) is 4.79 Å². The minimum atomic E-state index is -1.11. The van der Waals surface area contributed by atoms with E-state index in [1.165, 1.54) is 0 Å². The fraction of sp³-hybridized carbons (Fsp3) is 0.625. The number of hydrogen-bond acceptors (Lipinski definition) is 4. The summed E-state index contributed by atoms with van der Waals surface area (Å²) in [6, 6.07) is 1.19. The first-order valence-electron chi connectivity index (χ1n) is 8.19. The summed E-state index contributed by atoms with van der Waals surface area (Å²) in [7, 11) is -1.11. The van der Waals surface area contributed by atoms with Gasteiger partial charge in [-0.25, -0.2) is 9.56 Å². The lowest BCUT2D eigenvalue weighted by Gasteiger charge is -2.14. The first-order chi connectivity index (χ1) is 11.2. The van der Waals surface area contributed by atoms with Gasteiger partial charge in [-0.1, -0.05) is 19.6 Å². The van der Waals surface area contributed by atoms with Gasteiger partial charge >= 0.3 is 5.82 Å². The molecule has 2 rings (SSSR count). The minimum Gasteiger partial charge on any atom is -0.353 e. The van der Waals surface area contributed by atoms with Gasteiger partial charge in [-0.2, -0.15) is 0 Å². The number of aromatic nitrogens is 2. The molecule has 1 atom stereocenters. The number of amides is 1. The van der Waals surface area contributed by atoms with Crippen LogP contribution in [0.15, 0.2) is 10.8 Å². The van der Waals surface area contributed by atoms with Crippen LogP contribution in [0.1, 0.15) is 25.5 Å². The highest BCUT2D eigenvalue weighted by Crippen LogP contribution is 2.29. The molecule has 1 unspecified atom stereocenters. The van der Waals surface area contributed by atoms with E-state index in [-0.39, 0.29) is 11.9 Å². The van der Waals surface area contributed by atoms with Gasteiger partial charge in [0.15, 0.2) is 18.6 Å². The van der Waals surface area contributed by atoms with E-state index in [1.807, 2.05) is 24.6 Å². The van der Waals surface area contributed by atoms with Gasteiger partial charge in [0, 0.05) is 20.7 Å². The third kappa shape index (κ3) is 5.19. The van der Waals surface area contributed by atoms with E-state index in [0.29, 0.717) is 22.8 Å². The first-order valence-corrected chi connectivity index (χ1v) is 12.7. The molecule has 8 heteroatoms. The monoisotopic (exact) mass is 413 g/mol. The lowest BCUT2D eigenvalue weighted by Crippen LogP contribution is -2.35. The Balaban J connectivity index is 2.12. The van der Waals surface area contributed by atoms with Crippen LogP contribution in [0.3, 0.4) is 0 Å². The molecule has 0 saturated heterocycles. The summed E-state index contributed by atoms with van der Waals surface area (Å²) in [6.07, 6.45) is 3.49. The van der Waals surface area contributed by atoms with Crippen LogP contribution in [-0.4, -0.2) is 54.1 Å². The molecule has 24 heavy (non-hydrogen) atoms. The lowest BCUT2D eigenvalue weighted by atomic mass is 10.1. The Morgan fingerprint density at radius 3 is 2.79 bits per heavy atom. The number of nitrogens with one attached hydrogen (secondary N) is 1. The maximum absolute atomic E-state index is 12.4. The molecule has 0 aliphatic carbocycles. The van der Waals surface area contributed by atoms with Gasteiger partial charge in [0.2, 0.25) is 5.91 Å². The average molecular weight is 414 g/mol. The molecule has 1 aliphatic heterocycles. The van der Waals surface area contributed by atoms with Crippen LogP contribution in [-0.2, 0) is 9.53 Å². The smallest absolute Gasteiger partial charge is 0.347 e. The molecular weight excluding hydrogens is 388 g/mol. The molecular formula is C16H26BrN4O2Si+. The van der Waals surface area contributed by atoms with Gasteiger partial charge in [0.05, 0.1) is 6.21 Å². The highest BCUT2D eigenvalue weighted by molar-refractivity contribution is 9.10. The minimum absolute atomic E-state index is 0.0664. The molecule has 1 N–H and O–H groups in total. The third-order valence-corrected chi connectivity index (χ3v) is 5.67. The van der Waals surface area contributed by atoms with Gasteiger partial charge < -0.3 is 10.1 Å². The summed E-state index contributed by atoms with van der Waals surface area (Å²) < 4.78 is 8.31. The molecule has 0 bridgehead atoms. The van der Waals surface area contributed by atoms with Gasteiger partial charge in [0.25, 0.3) is 0 Å². The Morgan fingerprint density at radius 1 is 1.46 bits per heavy atom. The van der Waals surface area contributed by atoms with E-state index in [1.54, 1.807) is 6.20 Å². The van der Waals surface area contributed by atoms with Crippen molar-refractivity contribution in [1.82, 2.24) is 15.3 Å². The Labute approximate surface area is 152 Å². The van der Waals surface area contributed by atoms with Crippen LogP contribution in [0.5, 0.6) is 0 Å². The Bertz CT molecular complexity index is 643. The van der Waals surface area contributed by atoms with Crippen molar-refractivity contribution in [3.05, 3.63) is 16.5 Å². The van der Waals surface area contributed by atoms with Crippen molar-refractivity contribution < 1.29 is 14.1 Å². The molecule has 6 nitrogen and oxygen atoms in total. The zero-order valence-electron chi connectivity index (χ0n) is 15.0. The van der Waals surface area contributed by atoms with E-state index < -0.39 is 14.0 Å². The highest BCUT2D eigenvalue weighted by Gasteiger charge is 2.38. The van der Waals surface area contributed by atoms with Crippen LogP contribution < -0.4 is 5.32 Å². The van der Waals surface area contributed by atoms with Crippen molar-refractivity contribution in [2.24, 2.45) is 0 Å². The number of halogens is 1. The lowest BCUT2D eigenvalue weighted by molar-refractivity contribution is -0.488. The zero-order chi connectivity index (χ0) is 17.9. The van der Waals surface area contributed by atoms with Crippen LogP contribution in [0.2, 0.25) is 25.7 Å². The van der Waals surface area contributed by atoms with Crippen LogP contribution in [0, 0.1) is 0 Å². The van der Waals surface area contributed by atoms with E-state index in [4.69, 9.17) is 4.74 Å². The maximum Gasteiger partial charge on any atom is 0.347 e. The Hall–Kier alpha value is -1.12. The summed E-state index contributed by atoms with van der Waals surface area (Å²) in [5, 5.41) is 2.94. The summed E-state index contributed by atoms with van der Waals surface area (Å²) in [4.78, 5) is 21.3. The molecule has 1 aromatic rings. The maximum atomic E-state index is 12.4. The second kappa shape index (κ2) is 7.84. The van der Waals surface area contributed by atoms with Crippen molar-refractivity contribution in [2.45, 2.75) is 51.5 Å². The normalized spacial score (nSPS) is 17.0. The highest BCUT2D eigenvalue weighted by atomic mass is 79.9. The fourth-order valence-corrected chi connectivity index (χ4v) is 3.39. The van der Waals surface area contributed by atoms with Gasteiger partial charge in [0.1, 0.15) is 10.5 Å². The van der Waals surface area contributed by atoms with Crippen LogP contribution >= 0.6 is 15.9 Å². The first kappa shape index (κ1) is 19.2. The number of carbonyl (C=O) groups is 1. The number of carbonyl (C=O) groups excluding carboxylic acids is 1. The summed E-state index contributed by atoms with van der Waals surface area (Å²) in [5.41, 5.74) is 0.663. The molecule has 0 saturated carbocycles. The molecule has 1 aromatic heterocycles. The molecule has 1 aliphatic rings. The number of hydrogen-bond donors (Lipinski definition) is 1. The van der Waals surface area contributed by atoms with Crippen molar-refractivity contribution in [3.8, 4) is 0 Å². The predicted octanol–water partition coefficient (Wildman–Crippen LogP) is 2.89. The SMILES string of the molecule is CC(C)NC(=O)C1C=[N+](COCC[Si](C)(C)C)c2ncc(Br)nc21. The van der Waals surface area contributed by atoms with E-state index >= 15 is 0 Å². The molecule has 0 radical (unpaired) electrons. The topological polar surface area (TPSA) is 67.1 Å². The van der Waals surface area contributed by atoms with Crippen molar-refractivity contribution >= 4 is 41.9 Å². The molecule has 0 spiro atoms. The number of ether oxygens (including phenoxy) is 1. The second-order valence-electron chi connectivity index (χ2n) is 7.51. The van der Waals surface area contributed by atoms with Crippen molar-refractivity contribution in [1.29, 1.82) is 0 Å². The van der Waals surface area contributed by atoms with Crippen molar-refractivity contribution in [2.75, 3.05) is 13.3 Å². The summed E-state index contributed by atoms with van der Waals surface area (Å²) >= 11 is 3.33. The van der Waals surface area contributed by atoms with Crippen LogP contribution in [0.4, 0.5) is 5.82 Å². The standard InChI is InChI=1S/C16H25BrN4O2Si/c1-11(2)19-16(22)12-9-21(10-23-6-7-24(3,4)5)15-14(12)20-13(17)8-18-15/h8-9,11-12H,6-7,10H2,1-5H3/p+1. The third-order valence-electron chi connectivity index (χ3n) is 3.59. The molecule has 1 amide bonds. The predicted molar refractivity (Wildman–Crippen MR) is 101 cm³/mol. The van der Waals surface area contributed by atoms with E-state index in [0.717, 1.165) is 12.7 Å². The van der Waals surface area contributed by atoms with Crippen LogP contribution in [0.25, 0.3) is 0 Å². The Kier molecular flexibility index (Phi) is 6.27. The molecule has 0 aromatic carbocycles. The largest absolute Gasteiger partial charge is 0.353 e. The zero-order valence-corrected chi connectivity index (χ0v) is 17.6. The Morgan fingerprint density at radius 2 is 2.17 bits per heavy atom. The molecule has 0 fully saturated rings.